The maximum atomic E-state index is 12.2. The number of carbonyl (C=O) groups excluding carboxylic acids is 1. The van der Waals surface area contributed by atoms with Crippen LogP contribution in [0.2, 0.25) is 0 Å². The average Bonchev–Trinajstić information content (AvgIpc) is 3.18. The molecule has 120 valence electrons. The molecule has 0 radical (unpaired) electrons. The second kappa shape index (κ2) is 5.65. The van der Waals surface area contributed by atoms with E-state index in [9.17, 15) is 4.79 Å². The van der Waals surface area contributed by atoms with E-state index in [1.807, 2.05) is 36.0 Å². The minimum absolute atomic E-state index is 0.316. The predicted molar refractivity (Wildman–Crippen MR) is 89.6 cm³/mol. The Morgan fingerprint density at radius 3 is 3.00 bits per heavy atom. The van der Waals surface area contributed by atoms with Crippen molar-refractivity contribution in [2.45, 2.75) is 6.54 Å². The quantitative estimate of drug-likeness (QED) is 0.603. The third-order valence-corrected chi connectivity index (χ3v) is 3.84. The Kier molecular flexibility index (Phi) is 3.34. The Morgan fingerprint density at radius 1 is 1.17 bits per heavy atom. The Hall–Kier alpha value is -3.42. The summed E-state index contributed by atoms with van der Waals surface area (Å²) in [6.45, 7) is 0.402. The smallest absolute Gasteiger partial charge is 0.320 e. The molecule has 0 unspecified atom stereocenters. The number of carbonyl (C=O) groups is 1. The molecule has 0 saturated carbocycles. The van der Waals surface area contributed by atoms with Gasteiger partial charge in [-0.2, -0.15) is 14.7 Å². The average molecular weight is 321 g/mol. The zero-order chi connectivity index (χ0) is 16.5. The molecule has 3 heterocycles. The molecular formula is C16H15N7O. The molecule has 8 nitrogen and oxygen atoms in total. The molecule has 8 heteroatoms. The number of nitrogens with one attached hydrogen (secondary N) is 2. The lowest BCUT2D eigenvalue weighted by Crippen LogP contribution is -2.28. The summed E-state index contributed by atoms with van der Waals surface area (Å²) in [5.41, 5.74) is 2.71. The van der Waals surface area contributed by atoms with Crippen LogP contribution in [0.1, 0.15) is 5.56 Å². The van der Waals surface area contributed by atoms with E-state index in [0.29, 0.717) is 18.0 Å². The largest absolute Gasteiger partial charge is 0.334 e. The summed E-state index contributed by atoms with van der Waals surface area (Å²) in [5, 5.41) is 15.0. The zero-order valence-electron chi connectivity index (χ0n) is 13.0. The minimum atomic E-state index is -0.316. The molecule has 0 saturated heterocycles. The van der Waals surface area contributed by atoms with Crippen molar-refractivity contribution in [1.82, 2.24) is 29.7 Å². The monoisotopic (exact) mass is 321 g/mol. The number of hydrogen-bond donors (Lipinski definition) is 2. The molecule has 4 aromatic rings. The summed E-state index contributed by atoms with van der Waals surface area (Å²) in [4.78, 5) is 16.3. The van der Waals surface area contributed by atoms with E-state index < -0.39 is 0 Å². The van der Waals surface area contributed by atoms with E-state index in [-0.39, 0.29) is 6.03 Å². The van der Waals surface area contributed by atoms with Gasteiger partial charge in [0.1, 0.15) is 0 Å². The van der Waals surface area contributed by atoms with Crippen molar-refractivity contribution in [3.05, 3.63) is 54.5 Å². The van der Waals surface area contributed by atoms with Crippen molar-refractivity contribution in [2.75, 3.05) is 5.32 Å². The molecule has 24 heavy (non-hydrogen) atoms. The lowest BCUT2D eigenvalue weighted by Gasteiger charge is -2.08. The van der Waals surface area contributed by atoms with Crippen LogP contribution in [-0.4, -0.2) is 30.4 Å². The first kappa shape index (κ1) is 14.2. The fourth-order valence-corrected chi connectivity index (χ4v) is 2.64. The van der Waals surface area contributed by atoms with Crippen molar-refractivity contribution < 1.29 is 4.79 Å². The van der Waals surface area contributed by atoms with Gasteiger partial charge in [0, 0.05) is 25.2 Å². The Balaban J connectivity index is 1.48. The van der Waals surface area contributed by atoms with Crippen molar-refractivity contribution in [3.8, 4) is 0 Å². The van der Waals surface area contributed by atoms with Crippen LogP contribution in [0.25, 0.3) is 16.6 Å². The van der Waals surface area contributed by atoms with Crippen LogP contribution in [0, 0.1) is 0 Å². The molecule has 0 aliphatic heterocycles. The van der Waals surface area contributed by atoms with E-state index in [1.165, 1.54) is 0 Å². The number of amides is 2. The lowest BCUT2D eigenvalue weighted by atomic mass is 10.1. The molecule has 0 atom stereocenters. The number of fused-ring (bicyclic) bond motifs is 2. The van der Waals surface area contributed by atoms with Gasteiger partial charge in [-0.1, -0.05) is 12.1 Å². The fourth-order valence-electron chi connectivity index (χ4n) is 2.64. The van der Waals surface area contributed by atoms with Gasteiger partial charge in [-0.05, 0) is 23.8 Å². The molecule has 0 aliphatic carbocycles. The topological polar surface area (TPSA) is 89.1 Å². The standard InChI is InChI=1S/C16H15N7O/c1-22-13-5-2-4-11(12(13)9-20-22)8-18-16(24)21-15-10-17-14-6-3-7-19-23(14)15/h2-7,9-10H,8H2,1H3,(H2,18,21,24). The number of aromatic nitrogens is 5. The number of hydrogen-bond acceptors (Lipinski definition) is 4. The van der Waals surface area contributed by atoms with Gasteiger partial charge in [-0.15, -0.1) is 0 Å². The summed E-state index contributed by atoms with van der Waals surface area (Å²) in [6, 6.07) is 9.21. The Bertz CT molecular complexity index is 1030. The summed E-state index contributed by atoms with van der Waals surface area (Å²) >= 11 is 0. The molecule has 0 aliphatic rings. The van der Waals surface area contributed by atoms with Crippen LogP contribution < -0.4 is 10.6 Å². The number of anilines is 1. The van der Waals surface area contributed by atoms with Crippen molar-refractivity contribution >= 4 is 28.4 Å². The van der Waals surface area contributed by atoms with Gasteiger partial charge in [-0.3, -0.25) is 10.00 Å². The van der Waals surface area contributed by atoms with Gasteiger partial charge in [0.15, 0.2) is 11.5 Å². The minimum Gasteiger partial charge on any atom is -0.334 e. The van der Waals surface area contributed by atoms with E-state index in [0.717, 1.165) is 16.5 Å². The van der Waals surface area contributed by atoms with Gasteiger partial charge in [0.05, 0.1) is 17.9 Å². The third-order valence-electron chi connectivity index (χ3n) is 3.84. The van der Waals surface area contributed by atoms with Gasteiger partial charge < -0.3 is 5.32 Å². The van der Waals surface area contributed by atoms with Crippen LogP contribution in [-0.2, 0) is 13.6 Å². The van der Waals surface area contributed by atoms with Crippen LogP contribution in [0.3, 0.4) is 0 Å². The first-order valence-corrected chi connectivity index (χ1v) is 7.45. The summed E-state index contributed by atoms with van der Waals surface area (Å²) in [7, 11) is 1.89. The van der Waals surface area contributed by atoms with Gasteiger partial charge in [0.25, 0.3) is 0 Å². The highest BCUT2D eigenvalue weighted by molar-refractivity contribution is 5.89. The van der Waals surface area contributed by atoms with Gasteiger partial charge in [-0.25, -0.2) is 9.78 Å². The van der Waals surface area contributed by atoms with Crippen LogP contribution >= 0.6 is 0 Å². The van der Waals surface area contributed by atoms with Crippen molar-refractivity contribution in [3.63, 3.8) is 0 Å². The number of urea groups is 1. The number of benzene rings is 1. The van der Waals surface area contributed by atoms with Crippen LogP contribution in [0.15, 0.2) is 48.9 Å². The molecule has 0 bridgehead atoms. The summed E-state index contributed by atoms with van der Waals surface area (Å²) < 4.78 is 3.38. The first-order chi connectivity index (χ1) is 11.7. The molecule has 0 fully saturated rings. The Labute approximate surface area is 137 Å². The van der Waals surface area contributed by atoms with Crippen molar-refractivity contribution in [2.24, 2.45) is 7.05 Å². The summed E-state index contributed by atoms with van der Waals surface area (Å²) in [5.74, 6) is 0.516. The fraction of sp³-hybridized carbons (Fsp3) is 0.125. The van der Waals surface area contributed by atoms with E-state index >= 15 is 0 Å². The number of rotatable bonds is 3. The number of aryl methyl sites for hydroxylation is 1. The SMILES string of the molecule is Cn1ncc2c(CNC(=O)Nc3cnc4cccnn34)cccc21. The number of imidazole rings is 1. The molecule has 1 aromatic carbocycles. The maximum Gasteiger partial charge on any atom is 0.320 e. The molecule has 4 rings (SSSR count). The zero-order valence-corrected chi connectivity index (χ0v) is 13.0. The summed E-state index contributed by atoms with van der Waals surface area (Å²) in [6.07, 6.45) is 5.02. The second-order valence-electron chi connectivity index (χ2n) is 5.36. The van der Waals surface area contributed by atoms with Gasteiger partial charge >= 0.3 is 6.03 Å². The third kappa shape index (κ3) is 2.43. The first-order valence-electron chi connectivity index (χ1n) is 7.45. The van der Waals surface area contributed by atoms with Gasteiger partial charge in [0.2, 0.25) is 0 Å². The van der Waals surface area contributed by atoms with E-state index in [2.05, 4.69) is 25.8 Å². The van der Waals surface area contributed by atoms with Crippen molar-refractivity contribution in [1.29, 1.82) is 0 Å². The number of nitrogens with zero attached hydrogens (tertiary/aromatic N) is 5. The molecule has 2 N–H and O–H groups in total. The lowest BCUT2D eigenvalue weighted by molar-refractivity contribution is 0.251. The van der Waals surface area contributed by atoms with E-state index in [1.54, 1.807) is 29.2 Å². The molecule has 3 aromatic heterocycles. The van der Waals surface area contributed by atoms with E-state index in [4.69, 9.17) is 0 Å². The van der Waals surface area contributed by atoms with Crippen LogP contribution in [0.4, 0.5) is 10.6 Å². The maximum absolute atomic E-state index is 12.2. The highest BCUT2D eigenvalue weighted by Gasteiger charge is 2.09. The van der Waals surface area contributed by atoms with Crippen LogP contribution in [0.5, 0.6) is 0 Å². The predicted octanol–water partition coefficient (Wildman–Crippen LogP) is 1.94. The normalized spacial score (nSPS) is 11.0. The molecule has 0 spiro atoms. The highest BCUT2D eigenvalue weighted by atomic mass is 16.2. The second-order valence-corrected chi connectivity index (χ2v) is 5.36. The molecule has 2 amide bonds. The highest BCUT2D eigenvalue weighted by Crippen LogP contribution is 2.17. The molecular weight excluding hydrogens is 306 g/mol. The Morgan fingerprint density at radius 2 is 2.08 bits per heavy atom.